The number of aryl methyl sites for hydroxylation is 1. The monoisotopic (exact) mass is 287 g/mol. The number of aromatic hydroxyl groups is 1. The lowest BCUT2D eigenvalue weighted by Crippen LogP contribution is -2.20. The van der Waals surface area contributed by atoms with E-state index < -0.39 is 0 Å². The largest absolute Gasteiger partial charge is 0.504 e. The van der Waals surface area contributed by atoms with Gasteiger partial charge in [0.1, 0.15) is 0 Å². The summed E-state index contributed by atoms with van der Waals surface area (Å²) in [5.41, 5.74) is 3.79. The summed E-state index contributed by atoms with van der Waals surface area (Å²) in [6.07, 6.45) is 3.49. The Kier molecular flexibility index (Phi) is 4.61. The lowest BCUT2D eigenvalue weighted by Gasteiger charge is -2.05. The van der Waals surface area contributed by atoms with Crippen molar-refractivity contribution in [2.45, 2.75) is 6.42 Å². The number of hydrogen-bond donors (Lipinski definition) is 2. The molecule has 1 amide bonds. The Morgan fingerprint density at radius 2 is 2.24 bits per heavy atom. The minimum atomic E-state index is -0.226. The minimum Gasteiger partial charge on any atom is -0.504 e. The van der Waals surface area contributed by atoms with E-state index in [0.29, 0.717) is 11.3 Å². The van der Waals surface area contributed by atoms with Gasteiger partial charge in [0.2, 0.25) is 5.91 Å². The Morgan fingerprint density at radius 3 is 2.90 bits per heavy atom. The number of para-hydroxylation sites is 1. The van der Waals surface area contributed by atoms with Crippen molar-refractivity contribution in [2.75, 3.05) is 7.11 Å². The molecule has 0 aliphatic rings. The number of ether oxygens (including phenoxy) is 1. The summed E-state index contributed by atoms with van der Waals surface area (Å²) >= 11 is 0. The zero-order valence-electron chi connectivity index (χ0n) is 11.9. The number of benzene rings is 1. The normalized spacial score (nSPS) is 10.8. The summed E-state index contributed by atoms with van der Waals surface area (Å²) < 4.78 is 6.87. The molecule has 1 aromatic heterocycles. The highest BCUT2D eigenvalue weighted by Crippen LogP contribution is 2.27. The number of nitrogens with one attached hydrogen (secondary N) is 1. The van der Waals surface area contributed by atoms with E-state index in [9.17, 15) is 9.90 Å². The van der Waals surface area contributed by atoms with Crippen LogP contribution in [0.1, 0.15) is 11.3 Å². The average Bonchev–Trinajstić information content (AvgIpc) is 2.86. The van der Waals surface area contributed by atoms with Crippen LogP contribution in [0, 0.1) is 0 Å². The molecule has 6 heteroatoms. The van der Waals surface area contributed by atoms with Gasteiger partial charge in [-0.25, -0.2) is 5.43 Å². The first-order valence-electron chi connectivity index (χ1n) is 6.40. The summed E-state index contributed by atoms with van der Waals surface area (Å²) in [7, 11) is 3.35. The van der Waals surface area contributed by atoms with Crippen LogP contribution in [-0.4, -0.2) is 28.9 Å². The van der Waals surface area contributed by atoms with Crippen molar-refractivity contribution >= 4 is 12.1 Å². The molecule has 0 bridgehead atoms. The number of amides is 1. The molecule has 0 saturated heterocycles. The van der Waals surface area contributed by atoms with Crippen molar-refractivity contribution in [2.24, 2.45) is 12.1 Å². The van der Waals surface area contributed by atoms with Gasteiger partial charge in [-0.1, -0.05) is 6.07 Å². The number of hydrogen-bond acceptors (Lipinski definition) is 4. The fraction of sp³-hybridized carbons (Fsp3) is 0.200. The maximum Gasteiger partial charge on any atom is 0.245 e. The van der Waals surface area contributed by atoms with Gasteiger partial charge in [0, 0.05) is 24.5 Å². The van der Waals surface area contributed by atoms with Gasteiger partial charge in [-0.05, 0) is 24.3 Å². The van der Waals surface area contributed by atoms with Gasteiger partial charge in [0.15, 0.2) is 11.5 Å². The third-order valence-electron chi connectivity index (χ3n) is 3.04. The number of nitrogens with zero attached hydrogens (tertiary/aromatic N) is 2. The first-order chi connectivity index (χ1) is 10.1. The van der Waals surface area contributed by atoms with Crippen molar-refractivity contribution in [1.29, 1.82) is 0 Å². The highest BCUT2D eigenvalue weighted by Gasteiger charge is 2.06. The van der Waals surface area contributed by atoms with Crippen LogP contribution in [0.25, 0.3) is 0 Å². The fourth-order valence-electron chi connectivity index (χ4n) is 1.87. The topological polar surface area (TPSA) is 75.8 Å². The summed E-state index contributed by atoms with van der Waals surface area (Å²) in [6.45, 7) is 0. The van der Waals surface area contributed by atoms with Gasteiger partial charge in [0.05, 0.1) is 19.7 Å². The lowest BCUT2D eigenvalue weighted by molar-refractivity contribution is -0.120. The van der Waals surface area contributed by atoms with Gasteiger partial charge in [-0.3, -0.25) is 4.79 Å². The second kappa shape index (κ2) is 6.60. The van der Waals surface area contributed by atoms with E-state index in [-0.39, 0.29) is 18.1 Å². The van der Waals surface area contributed by atoms with Crippen molar-refractivity contribution in [3.05, 3.63) is 47.8 Å². The van der Waals surface area contributed by atoms with Gasteiger partial charge in [0.25, 0.3) is 0 Å². The van der Waals surface area contributed by atoms with Crippen LogP contribution in [0.2, 0.25) is 0 Å². The van der Waals surface area contributed by atoms with Crippen molar-refractivity contribution in [3.8, 4) is 11.5 Å². The van der Waals surface area contributed by atoms with Gasteiger partial charge in [-0.2, -0.15) is 5.10 Å². The molecule has 0 aliphatic heterocycles. The van der Waals surface area contributed by atoms with Gasteiger partial charge >= 0.3 is 0 Å². The van der Waals surface area contributed by atoms with Crippen molar-refractivity contribution in [1.82, 2.24) is 9.99 Å². The molecule has 0 aliphatic carbocycles. The third kappa shape index (κ3) is 3.62. The molecular formula is C15H17N3O3. The summed E-state index contributed by atoms with van der Waals surface area (Å²) in [5.74, 6) is 0.116. The van der Waals surface area contributed by atoms with Gasteiger partial charge in [-0.15, -0.1) is 0 Å². The molecule has 0 fully saturated rings. The van der Waals surface area contributed by atoms with Crippen LogP contribution in [0.15, 0.2) is 41.6 Å². The smallest absolute Gasteiger partial charge is 0.245 e. The van der Waals surface area contributed by atoms with E-state index in [4.69, 9.17) is 4.74 Å². The van der Waals surface area contributed by atoms with Crippen molar-refractivity contribution in [3.63, 3.8) is 0 Å². The summed E-state index contributed by atoms with van der Waals surface area (Å²) in [4.78, 5) is 11.7. The number of methoxy groups -OCH3 is 1. The second-order valence-electron chi connectivity index (χ2n) is 4.48. The number of hydrazone groups is 1. The first-order valence-corrected chi connectivity index (χ1v) is 6.40. The van der Waals surface area contributed by atoms with E-state index in [0.717, 1.165) is 5.69 Å². The summed E-state index contributed by atoms with van der Waals surface area (Å²) in [6, 6.07) is 8.79. The number of phenols is 1. The first kappa shape index (κ1) is 14.6. The molecule has 2 aromatic rings. The maximum absolute atomic E-state index is 11.7. The molecular weight excluding hydrogens is 270 g/mol. The third-order valence-corrected chi connectivity index (χ3v) is 3.04. The zero-order chi connectivity index (χ0) is 15.2. The number of carbonyl (C=O) groups is 1. The van der Waals surface area contributed by atoms with Crippen LogP contribution in [0.3, 0.4) is 0 Å². The molecule has 1 heterocycles. The van der Waals surface area contributed by atoms with Crippen LogP contribution in [0.5, 0.6) is 11.5 Å². The quantitative estimate of drug-likeness (QED) is 0.645. The molecule has 2 N–H and O–H groups in total. The molecule has 1 aromatic carbocycles. The minimum absolute atomic E-state index is 0.0135. The fourth-order valence-corrected chi connectivity index (χ4v) is 1.87. The Bertz CT molecular complexity index is 662. The molecule has 0 atom stereocenters. The highest BCUT2D eigenvalue weighted by atomic mass is 16.5. The molecule has 0 saturated carbocycles. The lowest BCUT2D eigenvalue weighted by atomic mass is 10.2. The Hall–Kier alpha value is -2.76. The highest BCUT2D eigenvalue weighted by molar-refractivity contribution is 5.86. The van der Waals surface area contributed by atoms with E-state index in [2.05, 4.69) is 10.5 Å². The van der Waals surface area contributed by atoms with Crippen LogP contribution in [0.4, 0.5) is 0 Å². The molecule has 0 unspecified atom stereocenters. The molecule has 110 valence electrons. The standard InChI is InChI=1S/C15H17N3O3/c1-18-8-4-6-12(18)9-14(19)17-16-10-11-5-3-7-13(21-2)15(11)20/h3-8,10,20H,9H2,1-2H3,(H,17,19)/b16-10+. The molecule has 2 rings (SSSR count). The predicted octanol–water partition coefficient (Wildman–Crippen LogP) is 1.43. The summed E-state index contributed by atoms with van der Waals surface area (Å²) in [5, 5.41) is 13.7. The van der Waals surface area contributed by atoms with Crippen LogP contribution in [-0.2, 0) is 18.3 Å². The van der Waals surface area contributed by atoms with Crippen molar-refractivity contribution < 1.29 is 14.6 Å². The zero-order valence-corrected chi connectivity index (χ0v) is 11.9. The average molecular weight is 287 g/mol. The van der Waals surface area contributed by atoms with E-state index in [1.807, 2.05) is 29.9 Å². The Balaban J connectivity index is 1.96. The van der Waals surface area contributed by atoms with E-state index in [1.165, 1.54) is 13.3 Å². The molecule has 0 radical (unpaired) electrons. The SMILES string of the molecule is COc1cccc(/C=N/NC(=O)Cc2cccn2C)c1O. The Morgan fingerprint density at radius 1 is 1.43 bits per heavy atom. The molecule has 21 heavy (non-hydrogen) atoms. The number of aromatic nitrogens is 1. The van der Waals surface area contributed by atoms with E-state index in [1.54, 1.807) is 18.2 Å². The van der Waals surface area contributed by atoms with Crippen LogP contribution < -0.4 is 10.2 Å². The van der Waals surface area contributed by atoms with Crippen LogP contribution >= 0.6 is 0 Å². The van der Waals surface area contributed by atoms with Gasteiger partial charge < -0.3 is 14.4 Å². The Labute approximate surface area is 122 Å². The maximum atomic E-state index is 11.7. The molecule has 0 spiro atoms. The second-order valence-corrected chi connectivity index (χ2v) is 4.48. The van der Waals surface area contributed by atoms with E-state index >= 15 is 0 Å². The molecule has 6 nitrogen and oxygen atoms in total. The number of rotatable bonds is 5. The number of phenolic OH excluding ortho intramolecular Hbond substituents is 1. The number of carbonyl (C=O) groups excluding carboxylic acids is 1. The predicted molar refractivity (Wildman–Crippen MR) is 79.5 cm³/mol.